The molecular weight excluding hydrogens is 498 g/mol. The van der Waals surface area contributed by atoms with E-state index in [2.05, 4.69) is 36.5 Å². The number of alkyl halides is 3. The number of rotatable bonds is 4. The van der Waals surface area contributed by atoms with E-state index in [1.807, 2.05) is 0 Å². The van der Waals surface area contributed by atoms with Crippen LogP contribution in [0, 0.1) is 5.41 Å². The fourth-order valence-corrected chi connectivity index (χ4v) is 2.69. The van der Waals surface area contributed by atoms with E-state index < -0.39 is 23.7 Å². The zero-order valence-electron chi connectivity index (χ0n) is 14.6. The summed E-state index contributed by atoms with van der Waals surface area (Å²) in [6.07, 6.45) is -3.26. The van der Waals surface area contributed by atoms with Crippen LogP contribution in [0.4, 0.5) is 19.0 Å². The lowest BCUT2D eigenvalue weighted by Crippen LogP contribution is -2.42. The van der Waals surface area contributed by atoms with Gasteiger partial charge in [-0.15, -0.1) is 0 Å². The van der Waals surface area contributed by atoms with Crippen molar-refractivity contribution in [2.24, 2.45) is 4.99 Å². The Balaban J connectivity index is 2.23. The number of carbonyl (C=O) groups is 1. The van der Waals surface area contributed by atoms with Gasteiger partial charge in [0.2, 0.25) is 0 Å². The predicted molar refractivity (Wildman–Crippen MR) is 110 cm³/mol. The molecule has 0 fully saturated rings. The molecular formula is C17H13BrCl2F3N5O. The van der Waals surface area contributed by atoms with Gasteiger partial charge in [-0.3, -0.25) is 10.2 Å². The van der Waals surface area contributed by atoms with Crippen LogP contribution in [0.3, 0.4) is 0 Å². The van der Waals surface area contributed by atoms with Crippen molar-refractivity contribution >= 4 is 61.4 Å². The van der Waals surface area contributed by atoms with Gasteiger partial charge in [0.15, 0.2) is 4.74 Å². The number of hydrogen-bond acceptors (Lipinski definition) is 3. The van der Waals surface area contributed by atoms with Crippen molar-refractivity contribution in [1.82, 2.24) is 10.3 Å². The molecule has 0 aliphatic carbocycles. The zero-order valence-corrected chi connectivity index (χ0v) is 17.7. The molecule has 0 radical (unpaired) electrons. The van der Waals surface area contributed by atoms with E-state index in [4.69, 9.17) is 28.6 Å². The molecule has 6 nitrogen and oxygen atoms in total. The van der Waals surface area contributed by atoms with Crippen LogP contribution in [0.15, 0.2) is 41.5 Å². The average Bonchev–Trinajstić information content (AvgIpc) is 2.61. The number of aliphatic imine (C=N–C) groups is 1. The number of hydrogen-bond donors (Lipinski definition) is 3. The first-order valence-corrected chi connectivity index (χ1v) is 9.40. The summed E-state index contributed by atoms with van der Waals surface area (Å²) in [6, 6.07) is 4.86. The van der Waals surface area contributed by atoms with Crippen molar-refractivity contribution in [2.75, 3.05) is 5.32 Å². The summed E-state index contributed by atoms with van der Waals surface area (Å²) in [4.78, 5) is 20.4. The molecule has 0 saturated carbocycles. The van der Waals surface area contributed by atoms with E-state index in [-0.39, 0.29) is 21.2 Å². The molecule has 29 heavy (non-hydrogen) atoms. The van der Waals surface area contributed by atoms with Gasteiger partial charge in [0, 0.05) is 16.8 Å². The number of carbonyl (C=O) groups excluding carboxylic acids is 1. The lowest BCUT2D eigenvalue weighted by atomic mass is 10.1. The second-order valence-corrected chi connectivity index (χ2v) is 7.32. The van der Waals surface area contributed by atoms with Crippen LogP contribution in [0.5, 0.6) is 0 Å². The Morgan fingerprint density at radius 2 is 1.93 bits per heavy atom. The van der Waals surface area contributed by atoms with Crippen LogP contribution in [0.1, 0.15) is 22.8 Å². The number of pyridine rings is 1. The smallest absolute Gasteiger partial charge is 0.342 e. The minimum Gasteiger partial charge on any atom is -0.342 e. The Bertz CT molecular complexity index is 951. The highest BCUT2D eigenvalue weighted by atomic mass is 79.9. The van der Waals surface area contributed by atoms with E-state index in [9.17, 15) is 18.0 Å². The average molecular weight is 511 g/mol. The van der Waals surface area contributed by atoms with E-state index in [0.29, 0.717) is 16.9 Å². The molecule has 0 aliphatic heterocycles. The maximum Gasteiger partial charge on any atom is 0.416 e. The van der Waals surface area contributed by atoms with E-state index >= 15 is 0 Å². The Kier molecular flexibility index (Phi) is 7.61. The lowest BCUT2D eigenvalue weighted by Gasteiger charge is -2.18. The van der Waals surface area contributed by atoms with Crippen molar-refractivity contribution in [1.29, 1.82) is 5.41 Å². The summed E-state index contributed by atoms with van der Waals surface area (Å²) in [5, 5.41) is 13.0. The number of anilines is 1. The molecule has 2 aromatic rings. The second-order valence-electron chi connectivity index (χ2n) is 5.70. The molecule has 0 bridgehead atoms. The summed E-state index contributed by atoms with van der Waals surface area (Å²) >= 11 is 14.4. The molecule has 3 N–H and O–H groups in total. The topological polar surface area (TPSA) is 90.2 Å². The monoisotopic (exact) mass is 509 g/mol. The number of benzene rings is 1. The van der Waals surface area contributed by atoms with Crippen LogP contribution < -0.4 is 10.6 Å². The molecule has 154 valence electrons. The predicted octanol–water partition coefficient (Wildman–Crippen LogP) is 5.37. The molecule has 1 aromatic carbocycles. The van der Waals surface area contributed by atoms with Gasteiger partial charge in [-0.2, -0.15) is 13.2 Å². The maximum absolute atomic E-state index is 13.0. The van der Waals surface area contributed by atoms with Gasteiger partial charge in [0.05, 0.1) is 16.6 Å². The highest BCUT2D eigenvalue weighted by molar-refractivity contribution is 9.18. The molecule has 0 spiro atoms. The van der Waals surface area contributed by atoms with Crippen LogP contribution in [0.25, 0.3) is 0 Å². The van der Waals surface area contributed by atoms with Crippen LogP contribution >= 0.6 is 39.1 Å². The third-order valence-corrected chi connectivity index (χ3v) is 4.07. The van der Waals surface area contributed by atoms with Crippen molar-refractivity contribution in [3.05, 3.63) is 57.7 Å². The number of nitrogens with one attached hydrogen (secondary N) is 3. The van der Waals surface area contributed by atoms with Crippen LogP contribution in [0.2, 0.25) is 10.0 Å². The molecule has 1 heterocycles. The quantitative estimate of drug-likeness (QED) is 0.293. The molecule has 2 rings (SSSR count). The Labute approximate surface area is 182 Å². The van der Waals surface area contributed by atoms with E-state index in [1.54, 1.807) is 12.1 Å². The van der Waals surface area contributed by atoms with Gasteiger partial charge in [0.1, 0.15) is 11.7 Å². The SMILES string of the molecule is CC(NC(=O)c1cc(Cl)cc(C(F)(F)F)c1)/C(=N/C(=N)Br)Nc1ccc(Cl)cn1. The van der Waals surface area contributed by atoms with Gasteiger partial charge in [-0.05, 0) is 53.2 Å². The summed E-state index contributed by atoms with van der Waals surface area (Å²) in [6.45, 7) is 1.53. The third kappa shape index (κ3) is 6.98. The Hall–Kier alpha value is -2.17. The molecule has 12 heteroatoms. The van der Waals surface area contributed by atoms with Crippen molar-refractivity contribution in [3.8, 4) is 0 Å². The van der Waals surface area contributed by atoms with Crippen LogP contribution in [-0.2, 0) is 6.18 Å². The van der Waals surface area contributed by atoms with Crippen molar-refractivity contribution in [3.63, 3.8) is 0 Å². The van der Waals surface area contributed by atoms with Crippen LogP contribution in [-0.4, -0.2) is 27.5 Å². The van der Waals surface area contributed by atoms with E-state index in [0.717, 1.165) is 12.1 Å². The molecule has 1 amide bonds. The van der Waals surface area contributed by atoms with Gasteiger partial charge in [-0.25, -0.2) is 9.98 Å². The van der Waals surface area contributed by atoms with Gasteiger partial charge in [0.25, 0.3) is 5.91 Å². The molecule has 1 aromatic heterocycles. The summed E-state index contributed by atoms with van der Waals surface area (Å²) in [5.41, 5.74) is -1.31. The molecule has 1 unspecified atom stereocenters. The summed E-state index contributed by atoms with van der Waals surface area (Å²) in [5.74, 6) is -0.344. The minimum atomic E-state index is -4.65. The molecule has 0 saturated heterocycles. The molecule has 0 aliphatic rings. The number of aromatic nitrogens is 1. The second kappa shape index (κ2) is 9.55. The van der Waals surface area contributed by atoms with Crippen molar-refractivity contribution in [2.45, 2.75) is 19.1 Å². The fraction of sp³-hybridized carbons (Fsp3) is 0.176. The Morgan fingerprint density at radius 1 is 1.24 bits per heavy atom. The minimum absolute atomic E-state index is 0.119. The summed E-state index contributed by atoms with van der Waals surface area (Å²) in [7, 11) is 0. The molecule has 1 atom stereocenters. The first-order valence-electron chi connectivity index (χ1n) is 7.85. The first-order chi connectivity index (χ1) is 13.5. The zero-order chi connectivity index (χ0) is 21.8. The third-order valence-electron chi connectivity index (χ3n) is 3.45. The number of amides is 1. The normalized spacial score (nSPS) is 13.0. The number of nitrogens with zero attached hydrogens (tertiary/aromatic N) is 2. The highest BCUT2D eigenvalue weighted by Gasteiger charge is 2.32. The maximum atomic E-state index is 13.0. The van der Waals surface area contributed by atoms with Gasteiger partial charge >= 0.3 is 6.18 Å². The van der Waals surface area contributed by atoms with Gasteiger partial charge < -0.3 is 10.6 Å². The summed E-state index contributed by atoms with van der Waals surface area (Å²) < 4.78 is 38.6. The van der Waals surface area contributed by atoms with E-state index in [1.165, 1.54) is 13.1 Å². The number of amidine groups is 2. The largest absolute Gasteiger partial charge is 0.416 e. The lowest BCUT2D eigenvalue weighted by molar-refractivity contribution is -0.137. The fourth-order valence-electron chi connectivity index (χ4n) is 2.15. The van der Waals surface area contributed by atoms with Crippen molar-refractivity contribution < 1.29 is 18.0 Å². The first kappa shape index (κ1) is 23.1. The highest BCUT2D eigenvalue weighted by Crippen LogP contribution is 2.31. The Morgan fingerprint density at radius 3 is 2.48 bits per heavy atom. The number of halogens is 6. The van der Waals surface area contributed by atoms with Gasteiger partial charge in [-0.1, -0.05) is 23.2 Å². The standard InChI is InChI=1S/C17H13BrCl2F3N5O/c1-8(14(28-16(18)24)27-13-3-2-11(19)7-25-13)26-15(29)9-4-10(17(21,22)23)6-12(20)5-9/h2-8H,1H3,(H,26,29)(H2,24,25,27,28).